The van der Waals surface area contributed by atoms with E-state index in [1.165, 1.54) is 12.1 Å². The van der Waals surface area contributed by atoms with Gasteiger partial charge >= 0.3 is 0 Å². The molecule has 122 valence electrons. The van der Waals surface area contributed by atoms with E-state index in [4.69, 9.17) is 0 Å². The van der Waals surface area contributed by atoms with Crippen molar-refractivity contribution in [2.45, 2.75) is 12.8 Å². The van der Waals surface area contributed by atoms with Crippen LogP contribution in [0.25, 0.3) is 0 Å². The third kappa shape index (κ3) is 5.71. The van der Waals surface area contributed by atoms with Crippen molar-refractivity contribution in [3.05, 3.63) is 59.9 Å². The van der Waals surface area contributed by atoms with Gasteiger partial charge in [0.25, 0.3) is 0 Å². The van der Waals surface area contributed by atoms with Crippen LogP contribution in [-0.4, -0.2) is 20.6 Å². The lowest BCUT2D eigenvalue weighted by Crippen LogP contribution is -2.16. The molecule has 0 fully saturated rings. The third-order valence-corrected chi connectivity index (χ3v) is 3.64. The number of para-hydroxylation sites is 2. The fourth-order valence-corrected chi connectivity index (χ4v) is 2.58. The summed E-state index contributed by atoms with van der Waals surface area (Å²) < 4.78 is 37.8. The Morgan fingerprint density at radius 2 is 1.65 bits per heavy atom. The van der Waals surface area contributed by atoms with Gasteiger partial charge in [0, 0.05) is 6.42 Å². The second-order valence-corrected chi connectivity index (χ2v) is 6.84. The molecule has 2 N–H and O–H groups in total. The number of benzene rings is 2. The van der Waals surface area contributed by atoms with Gasteiger partial charge in [-0.05, 0) is 36.2 Å². The summed E-state index contributed by atoms with van der Waals surface area (Å²) in [5.74, 6) is -0.573. The van der Waals surface area contributed by atoms with Crippen LogP contribution >= 0.6 is 0 Å². The number of carbonyl (C=O) groups is 1. The zero-order valence-electron chi connectivity index (χ0n) is 12.5. The van der Waals surface area contributed by atoms with Crippen molar-refractivity contribution in [2.75, 3.05) is 16.3 Å². The monoisotopic (exact) mass is 336 g/mol. The van der Waals surface area contributed by atoms with E-state index in [1.54, 1.807) is 36.4 Å². The number of amides is 1. The van der Waals surface area contributed by atoms with Crippen LogP contribution in [-0.2, 0) is 21.2 Å². The van der Waals surface area contributed by atoms with Gasteiger partial charge in [-0.2, -0.15) is 0 Å². The third-order valence-electron chi connectivity index (χ3n) is 3.05. The van der Waals surface area contributed by atoms with E-state index in [0.29, 0.717) is 17.8 Å². The molecule has 0 spiro atoms. The standard InChI is InChI=1S/C16H17FN2O3S/c1-23(21,22)19-15-5-3-2-4-14(15)18-16(20)11-8-12-6-9-13(17)10-7-12/h2-7,9-10,19H,8,11H2,1H3,(H,18,20). The second kappa shape index (κ2) is 7.23. The maximum atomic E-state index is 12.8. The summed E-state index contributed by atoms with van der Waals surface area (Å²) in [5, 5.41) is 2.67. The largest absolute Gasteiger partial charge is 0.324 e. The van der Waals surface area contributed by atoms with Crippen LogP contribution in [0.4, 0.5) is 15.8 Å². The summed E-state index contributed by atoms with van der Waals surface area (Å²) in [7, 11) is -3.43. The summed E-state index contributed by atoms with van der Waals surface area (Å²) in [4.78, 5) is 12.0. The Morgan fingerprint density at radius 1 is 1.04 bits per heavy atom. The molecule has 23 heavy (non-hydrogen) atoms. The lowest BCUT2D eigenvalue weighted by molar-refractivity contribution is -0.116. The maximum Gasteiger partial charge on any atom is 0.229 e. The topological polar surface area (TPSA) is 75.3 Å². The predicted molar refractivity (Wildman–Crippen MR) is 88.3 cm³/mol. The number of hydrogen-bond acceptors (Lipinski definition) is 3. The van der Waals surface area contributed by atoms with E-state index in [2.05, 4.69) is 10.0 Å². The van der Waals surface area contributed by atoms with Crippen molar-refractivity contribution in [1.29, 1.82) is 0 Å². The van der Waals surface area contributed by atoms with Gasteiger partial charge in [-0.3, -0.25) is 9.52 Å². The molecule has 0 heterocycles. The van der Waals surface area contributed by atoms with Crippen molar-refractivity contribution < 1.29 is 17.6 Å². The van der Waals surface area contributed by atoms with E-state index in [-0.39, 0.29) is 18.1 Å². The van der Waals surface area contributed by atoms with Gasteiger partial charge in [-0.25, -0.2) is 12.8 Å². The molecule has 0 aromatic heterocycles. The van der Waals surface area contributed by atoms with Crippen LogP contribution in [0.3, 0.4) is 0 Å². The van der Waals surface area contributed by atoms with E-state index < -0.39 is 10.0 Å². The summed E-state index contributed by atoms with van der Waals surface area (Å²) >= 11 is 0. The molecule has 2 aromatic carbocycles. The number of sulfonamides is 1. The zero-order valence-corrected chi connectivity index (χ0v) is 13.4. The molecule has 7 heteroatoms. The number of aryl methyl sites for hydroxylation is 1. The first-order valence-corrected chi connectivity index (χ1v) is 8.84. The van der Waals surface area contributed by atoms with E-state index in [1.807, 2.05) is 0 Å². The van der Waals surface area contributed by atoms with Crippen LogP contribution in [0.5, 0.6) is 0 Å². The second-order valence-electron chi connectivity index (χ2n) is 5.09. The molecular formula is C16H17FN2O3S. The first-order chi connectivity index (χ1) is 10.8. The van der Waals surface area contributed by atoms with Crippen LogP contribution in [0, 0.1) is 5.82 Å². The lowest BCUT2D eigenvalue weighted by Gasteiger charge is -2.11. The molecule has 0 unspecified atom stereocenters. The van der Waals surface area contributed by atoms with Gasteiger partial charge in [-0.15, -0.1) is 0 Å². The minimum absolute atomic E-state index is 0.207. The van der Waals surface area contributed by atoms with Crippen molar-refractivity contribution in [1.82, 2.24) is 0 Å². The Labute approximate surface area is 134 Å². The van der Waals surface area contributed by atoms with Crippen LogP contribution in [0.1, 0.15) is 12.0 Å². The number of hydrogen-bond donors (Lipinski definition) is 2. The Kier molecular flexibility index (Phi) is 5.33. The Balaban J connectivity index is 1.99. The zero-order chi connectivity index (χ0) is 16.9. The SMILES string of the molecule is CS(=O)(=O)Nc1ccccc1NC(=O)CCc1ccc(F)cc1. The highest BCUT2D eigenvalue weighted by Crippen LogP contribution is 2.22. The molecule has 0 atom stereocenters. The molecular weight excluding hydrogens is 319 g/mol. The van der Waals surface area contributed by atoms with Gasteiger partial charge in [0.15, 0.2) is 0 Å². The summed E-state index contributed by atoms with van der Waals surface area (Å²) in [6, 6.07) is 12.5. The molecule has 0 bridgehead atoms. The number of nitrogens with one attached hydrogen (secondary N) is 2. The van der Waals surface area contributed by atoms with Gasteiger partial charge in [-0.1, -0.05) is 24.3 Å². The molecule has 0 radical (unpaired) electrons. The Hall–Kier alpha value is -2.41. The van der Waals surface area contributed by atoms with Gasteiger partial charge in [0.1, 0.15) is 5.82 Å². The minimum Gasteiger partial charge on any atom is -0.324 e. The predicted octanol–water partition coefficient (Wildman–Crippen LogP) is 2.77. The van der Waals surface area contributed by atoms with E-state index in [9.17, 15) is 17.6 Å². The highest BCUT2D eigenvalue weighted by atomic mass is 32.2. The normalized spacial score (nSPS) is 11.0. The van der Waals surface area contributed by atoms with Crippen LogP contribution in [0.15, 0.2) is 48.5 Å². The molecule has 5 nitrogen and oxygen atoms in total. The molecule has 0 aliphatic heterocycles. The summed E-state index contributed by atoms with van der Waals surface area (Å²) in [6.45, 7) is 0. The Bertz CT molecular complexity index is 789. The van der Waals surface area contributed by atoms with Crippen LogP contribution < -0.4 is 10.0 Å². The van der Waals surface area contributed by atoms with Crippen molar-refractivity contribution in [3.63, 3.8) is 0 Å². The molecule has 0 saturated carbocycles. The van der Waals surface area contributed by atoms with Gasteiger partial charge in [0.05, 0.1) is 17.6 Å². The smallest absolute Gasteiger partial charge is 0.229 e. The molecule has 0 saturated heterocycles. The fourth-order valence-electron chi connectivity index (χ4n) is 2.00. The quantitative estimate of drug-likeness (QED) is 0.852. The van der Waals surface area contributed by atoms with Crippen LogP contribution in [0.2, 0.25) is 0 Å². The Morgan fingerprint density at radius 3 is 2.26 bits per heavy atom. The van der Waals surface area contributed by atoms with Gasteiger partial charge in [0.2, 0.25) is 15.9 Å². The van der Waals surface area contributed by atoms with Gasteiger partial charge < -0.3 is 5.32 Å². The first kappa shape index (κ1) is 17.0. The van der Waals surface area contributed by atoms with E-state index in [0.717, 1.165) is 11.8 Å². The maximum absolute atomic E-state index is 12.8. The lowest BCUT2D eigenvalue weighted by atomic mass is 10.1. The first-order valence-electron chi connectivity index (χ1n) is 6.94. The number of rotatable bonds is 6. The van der Waals surface area contributed by atoms with Crippen molar-refractivity contribution in [2.24, 2.45) is 0 Å². The summed E-state index contributed by atoms with van der Waals surface area (Å²) in [6.07, 6.45) is 1.72. The molecule has 0 aliphatic rings. The number of anilines is 2. The molecule has 0 aliphatic carbocycles. The average molecular weight is 336 g/mol. The van der Waals surface area contributed by atoms with Crippen molar-refractivity contribution in [3.8, 4) is 0 Å². The highest BCUT2D eigenvalue weighted by Gasteiger charge is 2.10. The number of halogens is 1. The fraction of sp³-hybridized carbons (Fsp3) is 0.188. The number of carbonyl (C=O) groups excluding carboxylic acids is 1. The van der Waals surface area contributed by atoms with E-state index >= 15 is 0 Å². The van der Waals surface area contributed by atoms with Crippen molar-refractivity contribution >= 4 is 27.3 Å². The molecule has 2 aromatic rings. The molecule has 1 amide bonds. The summed E-state index contributed by atoms with van der Waals surface area (Å²) in [5.41, 5.74) is 1.55. The molecule has 2 rings (SSSR count). The average Bonchev–Trinajstić information content (AvgIpc) is 2.47. The minimum atomic E-state index is -3.43. The highest BCUT2D eigenvalue weighted by molar-refractivity contribution is 7.92.